The van der Waals surface area contributed by atoms with Crippen LogP contribution in [-0.4, -0.2) is 4.98 Å². The predicted molar refractivity (Wildman–Crippen MR) is 81.6 cm³/mol. The molecule has 98 valence electrons. The fraction of sp³-hybridized carbons (Fsp3) is 0.562. The first kappa shape index (κ1) is 13.5. The van der Waals surface area contributed by atoms with E-state index in [1.54, 1.807) is 0 Å². The lowest BCUT2D eigenvalue weighted by molar-refractivity contribution is 0.507. The third kappa shape index (κ3) is 2.44. The average Bonchev–Trinajstić information content (AvgIpc) is 2.71. The molecule has 2 heteroatoms. The molecule has 1 heterocycles. The number of rotatable bonds is 2. The lowest BCUT2D eigenvalue weighted by Gasteiger charge is -2.23. The molecule has 0 saturated heterocycles. The molecule has 0 bridgehead atoms. The number of hydrogen-bond donors (Lipinski definition) is 0. The Kier molecular flexibility index (Phi) is 3.26. The van der Waals surface area contributed by atoms with Gasteiger partial charge in [-0.15, -0.1) is 11.3 Å². The minimum atomic E-state index is 0.143. The van der Waals surface area contributed by atoms with Crippen LogP contribution in [-0.2, 0) is 10.8 Å². The summed E-state index contributed by atoms with van der Waals surface area (Å²) in [6.45, 7) is 13.5. The molecule has 0 spiro atoms. The number of benzene rings is 1. The third-order valence-electron chi connectivity index (χ3n) is 3.70. The molecule has 2 aromatic rings. The summed E-state index contributed by atoms with van der Waals surface area (Å²) in [7, 11) is 0. The van der Waals surface area contributed by atoms with E-state index in [9.17, 15) is 0 Å². The van der Waals surface area contributed by atoms with Crippen LogP contribution < -0.4 is 0 Å². The van der Waals surface area contributed by atoms with Crippen molar-refractivity contribution in [1.82, 2.24) is 4.98 Å². The van der Waals surface area contributed by atoms with Gasteiger partial charge in [-0.2, -0.15) is 0 Å². The van der Waals surface area contributed by atoms with Gasteiger partial charge in [-0.3, -0.25) is 0 Å². The van der Waals surface area contributed by atoms with Crippen LogP contribution in [0.2, 0.25) is 0 Å². The van der Waals surface area contributed by atoms with Crippen molar-refractivity contribution in [2.24, 2.45) is 0 Å². The quantitative estimate of drug-likeness (QED) is 0.716. The van der Waals surface area contributed by atoms with Crippen molar-refractivity contribution < 1.29 is 0 Å². The fourth-order valence-electron chi connectivity index (χ4n) is 1.87. The fourth-order valence-corrected chi connectivity index (χ4v) is 2.93. The molecule has 0 aliphatic rings. The SMILES string of the molecule is CCC(C)(C)c1ccc2nc(C(C)(C)C)sc2c1. The highest BCUT2D eigenvalue weighted by molar-refractivity contribution is 7.18. The first-order chi connectivity index (χ1) is 8.24. The molecule has 18 heavy (non-hydrogen) atoms. The minimum absolute atomic E-state index is 0.143. The first-order valence-corrected chi connectivity index (χ1v) is 7.47. The van der Waals surface area contributed by atoms with Gasteiger partial charge in [0.25, 0.3) is 0 Å². The Morgan fingerprint density at radius 2 is 1.78 bits per heavy atom. The Balaban J connectivity index is 2.53. The van der Waals surface area contributed by atoms with E-state index in [1.807, 2.05) is 11.3 Å². The van der Waals surface area contributed by atoms with E-state index in [0.717, 1.165) is 11.9 Å². The predicted octanol–water partition coefficient (Wildman–Crippen LogP) is 5.28. The topological polar surface area (TPSA) is 12.9 Å². The summed E-state index contributed by atoms with van der Waals surface area (Å²) in [6, 6.07) is 6.73. The number of hydrogen-bond acceptors (Lipinski definition) is 2. The molecule has 0 unspecified atom stereocenters. The second kappa shape index (κ2) is 4.34. The van der Waals surface area contributed by atoms with E-state index in [1.165, 1.54) is 15.3 Å². The summed E-state index contributed by atoms with van der Waals surface area (Å²) in [5.74, 6) is 0. The molecule has 0 N–H and O–H groups in total. The third-order valence-corrected chi connectivity index (χ3v) is 5.14. The summed E-state index contributed by atoms with van der Waals surface area (Å²) in [5.41, 5.74) is 2.95. The summed E-state index contributed by atoms with van der Waals surface area (Å²) < 4.78 is 1.32. The van der Waals surface area contributed by atoms with Gasteiger partial charge in [0.05, 0.1) is 15.2 Å². The standard InChI is InChI=1S/C16H23NS/c1-7-16(5,6)11-8-9-12-13(10-11)18-14(17-12)15(2,3)4/h8-10H,7H2,1-6H3. The van der Waals surface area contributed by atoms with E-state index < -0.39 is 0 Å². The lowest BCUT2D eigenvalue weighted by atomic mass is 9.82. The molecule has 0 aliphatic carbocycles. The molecule has 2 rings (SSSR count). The maximum Gasteiger partial charge on any atom is 0.0992 e. The maximum absolute atomic E-state index is 4.75. The maximum atomic E-state index is 4.75. The van der Waals surface area contributed by atoms with Crippen molar-refractivity contribution in [2.75, 3.05) is 0 Å². The lowest BCUT2D eigenvalue weighted by Crippen LogP contribution is -2.14. The molecule has 1 aromatic carbocycles. The van der Waals surface area contributed by atoms with E-state index in [-0.39, 0.29) is 10.8 Å². The minimum Gasteiger partial charge on any atom is -0.241 e. The van der Waals surface area contributed by atoms with Crippen LogP contribution in [0.15, 0.2) is 18.2 Å². The molecular formula is C16H23NS. The Hall–Kier alpha value is -0.890. The largest absolute Gasteiger partial charge is 0.241 e. The van der Waals surface area contributed by atoms with Gasteiger partial charge in [0.2, 0.25) is 0 Å². The van der Waals surface area contributed by atoms with Crippen LogP contribution in [0.5, 0.6) is 0 Å². The van der Waals surface area contributed by atoms with Crippen LogP contribution in [0.4, 0.5) is 0 Å². The van der Waals surface area contributed by atoms with E-state index in [2.05, 4.69) is 59.7 Å². The monoisotopic (exact) mass is 261 g/mol. The van der Waals surface area contributed by atoms with Gasteiger partial charge in [-0.25, -0.2) is 4.98 Å². The van der Waals surface area contributed by atoms with Crippen molar-refractivity contribution in [3.63, 3.8) is 0 Å². The van der Waals surface area contributed by atoms with Gasteiger partial charge in [0.15, 0.2) is 0 Å². The Morgan fingerprint density at radius 3 is 2.33 bits per heavy atom. The normalized spacial score (nSPS) is 13.2. The molecule has 0 radical (unpaired) electrons. The Labute approximate surface area is 114 Å². The van der Waals surface area contributed by atoms with Crippen LogP contribution in [0.1, 0.15) is 58.5 Å². The highest BCUT2D eigenvalue weighted by Gasteiger charge is 2.21. The first-order valence-electron chi connectivity index (χ1n) is 6.65. The second-order valence-corrected chi connectivity index (χ2v) is 7.72. The van der Waals surface area contributed by atoms with Crippen LogP contribution in [0, 0.1) is 0 Å². The molecule has 0 amide bonds. The summed E-state index contributed by atoms with van der Waals surface area (Å²) in [5, 5.41) is 1.23. The molecule has 1 nitrogen and oxygen atoms in total. The van der Waals surface area contributed by atoms with E-state index >= 15 is 0 Å². The number of aromatic nitrogens is 1. The zero-order valence-electron chi connectivity index (χ0n) is 12.3. The van der Waals surface area contributed by atoms with Crippen LogP contribution in [0.3, 0.4) is 0 Å². The molecule has 0 aliphatic heterocycles. The van der Waals surface area contributed by atoms with E-state index in [0.29, 0.717) is 0 Å². The number of thiazole rings is 1. The van der Waals surface area contributed by atoms with Gasteiger partial charge >= 0.3 is 0 Å². The number of fused-ring (bicyclic) bond motifs is 1. The average molecular weight is 261 g/mol. The molecule has 1 aromatic heterocycles. The van der Waals surface area contributed by atoms with Gasteiger partial charge in [-0.05, 0) is 29.5 Å². The Morgan fingerprint density at radius 1 is 1.11 bits per heavy atom. The summed E-state index contributed by atoms with van der Waals surface area (Å²) >= 11 is 1.83. The molecule has 0 atom stereocenters. The highest BCUT2D eigenvalue weighted by Crippen LogP contribution is 2.34. The molecule has 0 fully saturated rings. The zero-order chi connectivity index (χ0) is 13.6. The van der Waals surface area contributed by atoms with Crippen molar-refractivity contribution in [1.29, 1.82) is 0 Å². The van der Waals surface area contributed by atoms with Gasteiger partial charge in [-0.1, -0.05) is 47.6 Å². The summed E-state index contributed by atoms with van der Waals surface area (Å²) in [4.78, 5) is 4.75. The van der Waals surface area contributed by atoms with Crippen LogP contribution >= 0.6 is 11.3 Å². The van der Waals surface area contributed by atoms with Crippen molar-refractivity contribution in [2.45, 2.75) is 58.8 Å². The summed E-state index contributed by atoms with van der Waals surface area (Å²) in [6.07, 6.45) is 1.16. The molecule has 0 saturated carbocycles. The van der Waals surface area contributed by atoms with Crippen molar-refractivity contribution in [3.05, 3.63) is 28.8 Å². The smallest absolute Gasteiger partial charge is 0.0992 e. The number of nitrogens with zero attached hydrogens (tertiary/aromatic N) is 1. The van der Waals surface area contributed by atoms with Crippen molar-refractivity contribution in [3.8, 4) is 0 Å². The molecular weight excluding hydrogens is 238 g/mol. The van der Waals surface area contributed by atoms with Crippen LogP contribution in [0.25, 0.3) is 10.2 Å². The zero-order valence-corrected chi connectivity index (χ0v) is 13.1. The highest BCUT2D eigenvalue weighted by atomic mass is 32.1. The van der Waals surface area contributed by atoms with Gasteiger partial charge < -0.3 is 0 Å². The van der Waals surface area contributed by atoms with Crippen molar-refractivity contribution >= 4 is 21.6 Å². The van der Waals surface area contributed by atoms with Gasteiger partial charge in [0, 0.05) is 5.41 Å². The second-order valence-electron chi connectivity index (χ2n) is 6.69. The van der Waals surface area contributed by atoms with Gasteiger partial charge in [0.1, 0.15) is 0 Å². The van der Waals surface area contributed by atoms with E-state index in [4.69, 9.17) is 4.98 Å². The Bertz CT molecular complexity index is 558.